The highest BCUT2D eigenvalue weighted by molar-refractivity contribution is 7.13. The van der Waals surface area contributed by atoms with Crippen LogP contribution >= 0.6 is 11.3 Å². The first-order chi connectivity index (χ1) is 11.7. The number of pyridine rings is 1. The van der Waals surface area contributed by atoms with Crippen molar-refractivity contribution in [1.82, 2.24) is 20.1 Å². The molecule has 24 heavy (non-hydrogen) atoms. The van der Waals surface area contributed by atoms with Gasteiger partial charge in [0.15, 0.2) is 0 Å². The van der Waals surface area contributed by atoms with E-state index < -0.39 is 0 Å². The molecule has 118 valence electrons. The number of nitrogens with zero attached hydrogens (tertiary/aromatic N) is 4. The minimum atomic E-state index is -0.335. The fourth-order valence-electron chi connectivity index (χ4n) is 2.36. The molecule has 4 rings (SSSR count). The van der Waals surface area contributed by atoms with Gasteiger partial charge in [-0.15, -0.1) is 11.3 Å². The van der Waals surface area contributed by atoms with Gasteiger partial charge in [0.1, 0.15) is 0 Å². The number of rotatable bonds is 3. The van der Waals surface area contributed by atoms with Crippen LogP contribution in [0.15, 0.2) is 46.6 Å². The van der Waals surface area contributed by atoms with E-state index in [1.165, 1.54) is 11.3 Å². The zero-order chi connectivity index (χ0) is 16.5. The maximum absolute atomic E-state index is 12.7. The maximum atomic E-state index is 12.7. The molecular formula is C16H11N5O2S. The number of aryl methyl sites for hydroxylation is 1. The highest BCUT2D eigenvalue weighted by Crippen LogP contribution is 2.29. The molecule has 0 unspecified atom stereocenters. The third-order valence-corrected chi connectivity index (χ3v) is 4.32. The van der Waals surface area contributed by atoms with Gasteiger partial charge < -0.3 is 4.52 Å². The summed E-state index contributed by atoms with van der Waals surface area (Å²) in [7, 11) is 0. The second-order valence-corrected chi connectivity index (χ2v) is 5.95. The molecule has 8 heteroatoms. The first-order valence-corrected chi connectivity index (χ1v) is 7.99. The molecule has 0 radical (unpaired) electrons. The van der Waals surface area contributed by atoms with E-state index in [1.807, 2.05) is 17.5 Å². The standard InChI is InChI=1S/C16H11N5O2S/c1-9-13-10(14(22)20-16-17-5-3-6-18-16)8-11(12-4-2-7-24-12)19-15(13)23-21-9/h2-8H,1H3,(H,17,18,20,22). The van der Waals surface area contributed by atoms with Crippen LogP contribution in [0, 0.1) is 6.92 Å². The monoisotopic (exact) mass is 337 g/mol. The summed E-state index contributed by atoms with van der Waals surface area (Å²) in [5.74, 6) is -0.100. The topological polar surface area (TPSA) is 93.8 Å². The zero-order valence-electron chi connectivity index (χ0n) is 12.6. The molecule has 1 amide bonds. The Morgan fingerprint density at radius 1 is 1.25 bits per heavy atom. The van der Waals surface area contributed by atoms with Gasteiger partial charge in [-0.05, 0) is 30.5 Å². The zero-order valence-corrected chi connectivity index (χ0v) is 13.4. The van der Waals surface area contributed by atoms with Gasteiger partial charge in [0.2, 0.25) is 5.95 Å². The molecule has 0 aromatic carbocycles. The van der Waals surface area contributed by atoms with Crippen LogP contribution < -0.4 is 5.32 Å². The molecule has 1 N–H and O–H groups in total. The Hall–Kier alpha value is -3.13. The Morgan fingerprint density at radius 2 is 2.08 bits per heavy atom. The van der Waals surface area contributed by atoms with E-state index in [4.69, 9.17) is 4.52 Å². The lowest BCUT2D eigenvalue weighted by Gasteiger charge is -2.06. The molecule has 0 saturated heterocycles. The molecule has 0 aliphatic carbocycles. The minimum absolute atomic E-state index is 0.235. The Bertz CT molecular complexity index is 1010. The second-order valence-electron chi connectivity index (χ2n) is 5.01. The molecule has 4 aromatic heterocycles. The van der Waals surface area contributed by atoms with Gasteiger partial charge in [-0.1, -0.05) is 11.2 Å². The molecule has 0 spiro atoms. The normalized spacial score (nSPS) is 10.9. The third kappa shape index (κ3) is 2.52. The Kier molecular flexibility index (Phi) is 3.51. The lowest BCUT2D eigenvalue weighted by atomic mass is 10.1. The smallest absolute Gasteiger partial charge is 0.259 e. The van der Waals surface area contributed by atoms with Gasteiger partial charge in [-0.3, -0.25) is 10.1 Å². The number of carbonyl (C=O) groups excluding carboxylic acids is 1. The highest BCUT2D eigenvalue weighted by atomic mass is 32.1. The predicted octanol–water partition coefficient (Wildman–Crippen LogP) is 3.30. The summed E-state index contributed by atoms with van der Waals surface area (Å²) in [6.07, 6.45) is 3.12. The van der Waals surface area contributed by atoms with Crippen molar-refractivity contribution in [2.75, 3.05) is 5.32 Å². The third-order valence-electron chi connectivity index (χ3n) is 3.43. The Morgan fingerprint density at radius 3 is 2.83 bits per heavy atom. The molecule has 4 aromatic rings. The number of fused-ring (bicyclic) bond motifs is 1. The maximum Gasteiger partial charge on any atom is 0.259 e. The van der Waals surface area contributed by atoms with E-state index in [9.17, 15) is 4.79 Å². The van der Waals surface area contributed by atoms with Gasteiger partial charge in [-0.25, -0.2) is 15.0 Å². The summed E-state index contributed by atoms with van der Waals surface area (Å²) in [5.41, 5.74) is 2.02. The number of thiophene rings is 1. The van der Waals surface area contributed by atoms with E-state index in [0.29, 0.717) is 28.1 Å². The van der Waals surface area contributed by atoms with Crippen molar-refractivity contribution in [3.63, 3.8) is 0 Å². The first kappa shape index (κ1) is 14.5. The summed E-state index contributed by atoms with van der Waals surface area (Å²) >= 11 is 1.53. The van der Waals surface area contributed by atoms with E-state index in [1.54, 1.807) is 31.5 Å². The van der Waals surface area contributed by atoms with Crippen LogP contribution in [0.5, 0.6) is 0 Å². The van der Waals surface area contributed by atoms with Crippen molar-refractivity contribution < 1.29 is 9.32 Å². The Balaban J connectivity index is 1.83. The average molecular weight is 337 g/mol. The van der Waals surface area contributed by atoms with Crippen LogP contribution in [-0.2, 0) is 0 Å². The lowest BCUT2D eigenvalue weighted by molar-refractivity contribution is 0.102. The Labute approximate surface area is 140 Å². The van der Waals surface area contributed by atoms with Crippen molar-refractivity contribution in [3.8, 4) is 10.6 Å². The predicted molar refractivity (Wildman–Crippen MR) is 89.8 cm³/mol. The van der Waals surface area contributed by atoms with Crippen molar-refractivity contribution >= 4 is 34.3 Å². The molecule has 0 saturated carbocycles. The summed E-state index contributed by atoms with van der Waals surface area (Å²) in [4.78, 5) is 26.1. The molecular weight excluding hydrogens is 326 g/mol. The summed E-state index contributed by atoms with van der Waals surface area (Å²) in [5, 5.41) is 9.14. The molecule has 0 aliphatic rings. The summed E-state index contributed by atoms with van der Waals surface area (Å²) < 4.78 is 5.26. The summed E-state index contributed by atoms with van der Waals surface area (Å²) in [6, 6.07) is 7.27. The largest absolute Gasteiger partial charge is 0.335 e. The second kappa shape index (κ2) is 5.82. The first-order valence-electron chi connectivity index (χ1n) is 7.11. The molecule has 4 heterocycles. The van der Waals surface area contributed by atoms with Crippen molar-refractivity contribution in [1.29, 1.82) is 0 Å². The lowest BCUT2D eigenvalue weighted by Crippen LogP contribution is -2.15. The fraction of sp³-hybridized carbons (Fsp3) is 0.0625. The van der Waals surface area contributed by atoms with Crippen LogP contribution in [0.25, 0.3) is 21.7 Å². The SMILES string of the molecule is Cc1noc2nc(-c3cccs3)cc(C(=O)Nc3ncccn3)c12. The molecule has 0 fully saturated rings. The minimum Gasteiger partial charge on any atom is -0.335 e. The van der Waals surface area contributed by atoms with Crippen molar-refractivity contribution in [2.45, 2.75) is 6.92 Å². The van der Waals surface area contributed by atoms with E-state index >= 15 is 0 Å². The van der Waals surface area contributed by atoms with Crippen LogP contribution in [-0.4, -0.2) is 26.0 Å². The van der Waals surface area contributed by atoms with Gasteiger partial charge in [-0.2, -0.15) is 0 Å². The number of hydrogen-bond acceptors (Lipinski definition) is 7. The van der Waals surface area contributed by atoms with Crippen LogP contribution in [0.1, 0.15) is 16.1 Å². The van der Waals surface area contributed by atoms with Crippen LogP contribution in [0.2, 0.25) is 0 Å². The molecule has 7 nitrogen and oxygen atoms in total. The molecule has 0 aliphatic heterocycles. The molecule has 0 atom stereocenters. The van der Waals surface area contributed by atoms with Crippen molar-refractivity contribution in [3.05, 3.63) is 53.3 Å². The quantitative estimate of drug-likeness (QED) is 0.616. The van der Waals surface area contributed by atoms with Gasteiger partial charge in [0.25, 0.3) is 11.6 Å². The van der Waals surface area contributed by atoms with E-state index in [-0.39, 0.29) is 11.9 Å². The van der Waals surface area contributed by atoms with E-state index in [2.05, 4.69) is 25.4 Å². The fourth-order valence-corrected chi connectivity index (χ4v) is 3.04. The average Bonchev–Trinajstić information content (AvgIpc) is 3.25. The van der Waals surface area contributed by atoms with Gasteiger partial charge in [0, 0.05) is 12.4 Å². The number of hydrogen-bond donors (Lipinski definition) is 1. The van der Waals surface area contributed by atoms with Gasteiger partial charge in [0.05, 0.1) is 27.2 Å². The van der Waals surface area contributed by atoms with Crippen LogP contribution in [0.4, 0.5) is 5.95 Å². The number of anilines is 1. The summed E-state index contributed by atoms with van der Waals surface area (Å²) in [6.45, 7) is 1.77. The number of carbonyl (C=O) groups is 1. The highest BCUT2D eigenvalue weighted by Gasteiger charge is 2.20. The van der Waals surface area contributed by atoms with Gasteiger partial charge >= 0.3 is 0 Å². The number of aromatic nitrogens is 4. The molecule has 0 bridgehead atoms. The number of amides is 1. The van der Waals surface area contributed by atoms with E-state index in [0.717, 1.165) is 4.88 Å². The van der Waals surface area contributed by atoms with Crippen LogP contribution in [0.3, 0.4) is 0 Å². The number of nitrogens with one attached hydrogen (secondary N) is 1. The van der Waals surface area contributed by atoms with Crippen molar-refractivity contribution in [2.24, 2.45) is 0 Å².